The maximum atomic E-state index is 6.15. The van der Waals surface area contributed by atoms with E-state index in [9.17, 15) is 0 Å². The number of rotatable bonds is 7. The van der Waals surface area contributed by atoms with E-state index in [1.807, 2.05) is 18.2 Å². The molecule has 17 heavy (non-hydrogen) atoms. The Morgan fingerprint density at radius 2 is 2.00 bits per heavy atom. The molecule has 0 spiro atoms. The predicted molar refractivity (Wildman–Crippen MR) is 80.0 cm³/mol. The van der Waals surface area contributed by atoms with E-state index in [1.165, 1.54) is 18.4 Å². The van der Waals surface area contributed by atoms with Gasteiger partial charge in [-0.05, 0) is 44.0 Å². The van der Waals surface area contributed by atoms with Gasteiger partial charge in [0.25, 0.3) is 0 Å². The normalized spacial score (nSPS) is 13.0. The Morgan fingerprint density at radius 3 is 2.65 bits per heavy atom. The van der Waals surface area contributed by atoms with Gasteiger partial charge in [0.15, 0.2) is 0 Å². The van der Waals surface area contributed by atoms with Crippen molar-refractivity contribution in [1.29, 1.82) is 0 Å². The first-order valence-corrected chi connectivity index (χ1v) is 7.61. The van der Waals surface area contributed by atoms with E-state index < -0.39 is 0 Å². The summed E-state index contributed by atoms with van der Waals surface area (Å²) >= 11 is 9.64. The molecule has 1 aromatic carbocycles. The number of hydrogen-bond donors (Lipinski definition) is 0. The highest BCUT2D eigenvalue weighted by Gasteiger charge is 2.06. The van der Waals surface area contributed by atoms with E-state index in [1.54, 1.807) is 0 Å². The van der Waals surface area contributed by atoms with Gasteiger partial charge in [0.05, 0.1) is 0 Å². The molecule has 0 saturated heterocycles. The Kier molecular flexibility index (Phi) is 7.17. The Hall–Kier alpha value is -0.0500. The first kappa shape index (κ1) is 15.0. The Bertz CT molecular complexity index is 330. The minimum Gasteiger partial charge on any atom is -0.302 e. The number of hydrogen-bond acceptors (Lipinski definition) is 1. The fourth-order valence-electron chi connectivity index (χ4n) is 1.77. The molecule has 0 bridgehead atoms. The van der Waals surface area contributed by atoms with Crippen LogP contribution in [0.1, 0.15) is 25.3 Å². The van der Waals surface area contributed by atoms with Gasteiger partial charge in [-0.2, -0.15) is 0 Å². The van der Waals surface area contributed by atoms with Crippen LogP contribution in [-0.2, 0) is 6.54 Å². The molecule has 1 aromatic rings. The van der Waals surface area contributed by atoms with Crippen LogP contribution in [0.15, 0.2) is 24.3 Å². The van der Waals surface area contributed by atoms with Crippen molar-refractivity contribution in [2.24, 2.45) is 5.92 Å². The number of nitrogens with zero attached hydrogens (tertiary/aromatic N) is 1. The summed E-state index contributed by atoms with van der Waals surface area (Å²) in [4.78, 5) is 2.34. The van der Waals surface area contributed by atoms with Gasteiger partial charge in [-0.15, -0.1) is 0 Å². The molecule has 0 saturated carbocycles. The lowest BCUT2D eigenvalue weighted by Crippen LogP contribution is -2.21. The first-order chi connectivity index (χ1) is 8.13. The molecule has 1 atom stereocenters. The van der Waals surface area contributed by atoms with E-state index in [0.717, 1.165) is 29.4 Å². The quantitative estimate of drug-likeness (QED) is 0.665. The van der Waals surface area contributed by atoms with Gasteiger partial charge in [-0.3, -0.25) is 0 Å². The van der Waals surface area contributed by atoms with Gasteiger partial charge in [0.1, 0.15) is 0 Å². The van der Waals surface area contributed by atoms with Gasteiger partial charge in [0.2, 0.25) is 0 Å². The van der Waals surface area contributed by atoms with Crippen LogP contribution < -0.4 is 0 Å². The lowest BCUT2D eigenvalue weighted by atomic mass is 10.1. The van der Waals surface area contributed by atoms with E-state index in [2.05, 4.69) is 40.9 Å². The van der Waals surface area contributed by atoms with E-state index in [0.29, 0.717) is 0 Å². The Labute approximate surface area is 118 Å². The lowest BCUT2D eigenvalue weighted by Gasteiger charge is -2.19. The summed E-state index contributed by atoms with van der Waals surface area (Å²) in [6.45, 7) is 4.37. The Balaban J connectivity index is 2.34. The summed E-state index contributed by atoms with van der Waals surface area (Å²) in [6, 6.07) is 8.07. The molecular formula is C14H21BrClN. The third kappa shape index (κ3) is 5.89. The molecule has 1 rings (SSSR count). The van der Waals surface area contributed by atoms with Gasteiger partial charge in [-0.25, -0.2) is 0 Å². The smallest absolute Gasteiger partial charge is 0.0451 e. The van der Waals surface area contributed by atoms with Crippen LogP contribution in [0.25, 0.3) is 0 Å². The van der Waals surface area contributed by atoms with Crippen LogP contribution in [0.3, 0.4) is 0 Å². The van der Waals surface area contributed by atoms with Crippen LogP contribution in [0.4, 0.5) is 0 Å². The molecule has 0 amide bonds. The van der Waals surface area contributed by atoms with Crippen molar-refractivity contribution in [3.63, 3.8) is 0 Å². The standard InChI is InChI=1S/C14H21BrClN/c1-12(7-9-15)8-10-17(2)11-13-5-3-4-6-14(13)16/h3-6,12H,7-11H2,1-2H3. The van der Waals surface area contributed by atoms with Crippen LogP contribution >= 0.6 is 27.5 Å². The van der Waals surface area contributed by atoms with Gasteiger partial charge < -0.3 is 4.90 Å². The predicted octanol–water partition coefficient (Wildman–Crippen LogP) is 4.58. The Morgan fingerprint density at radius 1 is 1.29 bits per heavy atom. The highest BCUT2D eigenvalue weighted by atomic mass is 79.9. The van der Waals surface area contributed by atoms with Crippen molar-refractivity contribution < 1.29 is 0 Å². The second-order valence-corrected chi connectivity index (χ2v) is 5.90. The van der Waals surface area contributed by atoms with Crippen LogP contribution in [0, 0.1) is 5.92 Å². The summed E-state index contributed by atoms with van der Waals surface area (Å²) in [5.41, 5.74) is 1.21. The van der Waals surface area contributed by atoms with Gasteiger partial charge >= 0.3 is 0 Å². The summed E-state index contributed by atoms with van der Waals surface area (Å²) in [5.74, 6) is 0.781. The summed E-state index contributed by atoms with van der Waals surface area (Å²) in [6.07, 6.45) is 2.49. The minimum atomic E-state index is 0.781. The van der Waals surface area contributed by atoms with Gasteiger partial charge in [0, 0.05) is 16.9 Å². The molecule has 1 unspecified atom stereocenters. The van der Waals surface area contributed by atoms with Crippen molar-refractivity contribution >= 4 is 27.5 Å². The molecule has 96 valence electrons. The molecular weight excluding hydrogens is 298 g/mol. The second-order valence-electron chi connectivity index (χ2n) is 4.70. The summed E-state index contributed by atoms with van der Waals surface area (Å²) in [7, 11) is 2.16. The van der Waals surface area contributed by atoms with E-state index in [4.69, 9.17) is 11.6 Å². The van der Waals surface area contributed by atoms with Gasteiger partial charge in [-0.1, -0.05) is 52.7 Å². The number of halogens is 2. The van der Waals surface area contributed by atoms with Crippen LogP contribution in [-0.4, -0.2) is 23.8 Å². The van der Waals surface area contributed by atoms with Crippen LogP contribution in [0.5, 0.6) is 0 Å². The van der Waals surface area contributed by atoms with Crippen molar-refractivity contribution in [3.8, 4) is 0 Å². The van der Waals surface area contributed by atoms with Crippen molar-refractivity contribution in [1.82, 2.24) is 4.90 Å². The zero-order valence-corrected chi connectivity index (χ0v) is 13.0. The largest absolute Gasteiger partial charge is 0.302 e. The monoisotopic (exact) mass is 317 g/mol. The van der Waals surface area contributed by atoms with E-state index in [-0.39, 0.29) is 0 Å². The molecule has 0 fully saturated rings. The topological polar surface area (TPSA) is 3.24 Å². The molecule has 0 heterocycles. The van der Waals surface area contributed by atoms with E-state index >= 15 is 0 Å². The highest BCUT2D eigenvalue weighted by Crippen LogP contribution is 2.17. The minimum absolute atomic E-state index is 0.781. The third-order valence-electron chi connectivity index (χ3n) is 3.00. The molecule has 0 aliphatic rings. The molecule has 3 heteroatoms. The summed E-state index contributed by atoms with van der Waals surface area (Å²) < 4.78 is 0. The average molecular weight is 319 g/mol. The fourth-order valence-corrected chi connectivity index (χ4v) is 2.74. The molecule has 0 aliphatic carbocycles. The third-order valence-corrected chi connectivity index (χ3v) is 3.83. The first-order valence-electron chi connectivity index (χ1n) is 6.11. The zero-order chi connectivity index (χ0) is 12.7. The molecule has 0 aromatic heterocycles. The molecule has 1 nitrogen and oxygen atoms in total. The summed E-state index contributed by atoms with van der Waals surface area (Å²) in [5, 5.41) is 1.97. The van der Waals surface area contributed by atoms with Crippen molar-refractivity contribution in [2.45, 2.75) is 26.3 Å². The van der Waals surface area contributed by atoms with Crippen molar-refractivity contribution in [2.75, 3.05) is 18.9 Å². The molecule has 0 radical (unpaired) electrons. The van der Waals surface area contributed by atoms with Crippen LogP contribution in [0.2, 0.25) is 5.02 Å². The number of alkyl halides is 1. The average Bonchev–Trinajstić information content (AvgIpc) is 2.30. The molecule has 0 N–H and O–H groups in total. The lowest BCUT2D eigenvalue weighted by molar-refractivity contribution is 0.297. The maximum absolute atomic E-state index is 6.15. The fraction of sp³-hybridized carbons (Fsp3) is 0.571. The zero-order valence-electron chi connectivity index (χ0n) is 10.6. The van der Waals surface area contributed by atoms with Crippen molar-refractivity contribution in [3.05, 3.63) is 34.9 Å². The maximum Gasteiger partial charge on any atom is 0.0451 e. The molecule has 0 aliphatic heterocycles. The SMILES string of the molecule is CC(CCBr)CCN(C)Cc1ccccc1Cl. The number of benzene rings is 1. The second kappa shape index (κ2) is 8.12. The highest BCUT2D eigenvalue weighted by molar-refractivity contribution is 9.09.